The minimum absolute atomic E-state index is 0.0643. The Morgan fingerprint density at radius 2 is 1.93 bits per heavy atom. The quantitative estimate of drug-likeness (QED) is 0.748. The Morgan fingerprint density at radius 1 is 1.14 bits per heavy atom. The van der Waals surface area contributed by atoms with Gasteiger partial charge in [0.15, 0.2) is 0 Å². The molecule has 0 spiro atoms. The maximum Gasteiger partial charge on any atom is 0.243 e. The van der Waals surface area contributed by atoms with E-state index < -0.39 is 6.04 Å². The molecule has 4 rings (SSSR count). The fourth-order valence-electron chi connectivity index (χ4n) is 4.38. The summed E-state index contributed by atoms with van der Waals surface area (Å²) in [6.45, 7) is 3.83. The van der Waals surface area contributed by atoms with E-state index in [0.717, 1.165) is 31.4 Å². The highest BCUT2D eigenvalue weighted by molar-refractivity contribution is 5.86. The highest BCUT2D eigenvalue weighted by atomic mass is 19.1. The summed E-state index contributed by atoms with van der Waals surface area (Å²) in [5.41, 5.74) is 1.40. The van der Waals surface area contributed by atoms with E-state index in [1.165, 1.54) is 6.07 Å². The number of halogens is 1. The first-order valence-electron chi connectivity index (χ1n) is 10.6. The van der Waals surface area contributed by atoms with Crippen LogP contribution in [0.3, 0.4) is 0 Å². The molecule has 0 N–H and O–H groups in total. The number of aromatic nitrogens is 1. The van der Waals surface area contributed by atoms with Crippen molar-refractivity contribution in [1.82, 2.24) is 14.4 Å². The normalized spacial score (nSPS) is 18.8. The first-order chi connectivity index (χ1) is 14.1. The lowest BCUT2D eigenvalue weighted by molar-refractivity contribution is -0.145. The summed E-state index contributed by atoms with van der Waals surface area (Å²) in [7, 11) is 0. The molecule has 29 heavy (non-hydrogen) atoms. The van der Waals surface area contributed by atoms with E-state index in [0.29, 0.717) is 25.2 Å². The lowest BCUT2D eigenvalue weighted by Gasteiger charge is -2.39. The molecule has 1 aromatic heterocycles. The Labute approximate surface area is 171 Å². The van der Waals surface area contributed by atoms with E-state index in [1.807, 2.05) is 25.3 Å². The van der Waals surface area contributed by atoms with Gasteiger partial charge in [0.25, 0.3) is 0 Å². The standard InChI is InChI=1S/C23H28FN3O2/c1-2-12-26(23(29)17-7-5-8-17)16-21(28)27-15-14-25-13-6-11-20(25)22(27)18-9-3-4-10-19(18)24/h3-4,6,9-11,13,17,22H,2,5,7-8,12,14-16H2,1H3. The van der Waals surface area contributed by atoms with Gasteiger partial charge in [-0.25, -0.2) is 4.39 Å². The molecule has 1 aliphatic carbocycles. The maximum atomic E-state index is 14.7. The van der Waals surface area contributed by atoms with Gasteiger partial charge in [0, 0.05) is 43.0 Å². The third-order valence-electron chi connectivity index (χ3n) is 6.14. The molecule has 2 amide bonds. The number of carbonyl (C=O) groups is 2. The van der Waals surface area contributed by atoms with Crippen LogP contribution in [0.15, 0.2) is 42.6 Å². The van der Waals surface area contributed by atoms with Crippen LogP contribution in [0.2, 0.25) is 0 Å². The van der Waals surface area contributed by atoms with E-state index in [-0.39, 0.29) is 30.1 Å². The van der Waals surface area contributed by atoms with Gasteiger partial charge in [-0.3, -0.25) is 9.59 Å². The van der Waals surface area contributed by atoms with Crippen LogP contribution < -0.4 is 0 Å². The van der Waals surface area contributed by atoms with Gasteiger partial charge in [0.1, 0.15) is 11.9 Å². The van der Waals surface area contributed by atoms with Crippen LogP contribution >= 0.6 is 0 Å². The highest BCUT2D eigenvalue weighted by Gasteiger charge is 2.36. The number of hydrogen-bond acceptors (Lipinski definition) is 2. The van der Waals surface area contributed by atoms with Crippen LogP contribution in [0.25, 0.3) is 0 Å². The van der Waals surface area contributed by atoms with Crippen molar-refractivity contribution in [3.05, 3.63) is 59.7 Å². The van der Waals surface area contributed by atoms with Gasteiger partial charge in [-0.05, 0) is 37.5 Å². The van der Waals surface area contributed by atoms with Crippen molar-refractivity contribution in [2.75, 3.05) is 19.6 Å². The molecule has 0 bridgehead atoms. The number of hydrogen-bond donors (Lipinski definition) is 0. The SMILES string of the molecule is CCCN(CC(=O)N1CCn2cccc2C1c1ccccc1F)C(=O)C1CCC1. The topological polar surface area (TPSA) is 45.6 Å². The van der Waals surface area contributed by atoms with E-state index in [4.69, 9.17) is 0 Å². The average Bonchev–Trinajstić information content (AvgIpc) is 3.15. The molecule has 6 heteroatoms. The van der Waals surface area contributed by atoms with Crippen LogP contribution in [-0.4, -0.2) is 45.8 Å². The Hall–Kier alpha value is -2.63. The zero-order valence-electron chi connectivity index (χ0n) is 16.9. The number of fused-ring (bicyclic) bond motifs is 1. The molecule has 1 aromatic carbocycles. The Kier molecular flexibility index (Phi) is 5.69. The van der Waals surface area contributed by atoms with E-state index in [1.54, 1.807) is 28.0 Å². The molecule has 2 heterocycles. The van der Waals surface area contributed by atoms with Crippen LogP contribution in [0.4, 0.5) is 4.39 Å². The zero-order chi connectivity index (χ0) is 20.4. The van der Waals surface area contributed by atoms with Gasteiger partial charge in [-0.1, -0.05) is 31.5 Å². The van der Waals surface area contributed by atoms with Gasteiger partial charge in [-0.15, -0.1) is 0 Å². The largest absolute Gasteiger partial charge is 0.348 e. The molecule has 1 fully saturated rings. The molecule has 0 saturated heterocycles. The van der Waals surface area contributed by atoms with Crippen molar-refractivity contribution in [2.45, 2.75) is 45.2 Å². The van der Waals surface area contributed by atoms with Gasteiger partial charge < -0.3 is 14.4 Å². The predicted molar refractivity (Wildman–Crippen MR) is 109 cm³/mol. The third-order valence-corrected chi connectivity index (χ3v) is 6.14. The van der Waals surface area contributed by atoms with Crippen LogP contribution in [-0.2, 0) is 16.1 Å². The van der Waals surface area contributed by atoms with Gasteiger partial charge in [0.2, 0.25) is 11.8 Å². The monoisotopic (exact) mass is 397 g/mol. The molecule has 5 nitrogen and oxygen atoms in total. The summed E-state index contributed by atoms with van der Waals surface area (Å²) in [6.07, 6.45) is 5.70. The van der Waals surface area contributed by atoms with Crippen LogP contribution in [0.1, 0.15) is 49.9 Å². The minimum Gasteiger partial charge on any atom is -0.348 e. The van der Waals surface area contributed by atoms with Crippen molar-refractivity contribution in [1.29, 1.82) is 0 Å². The molecule has 2 aromatic rings. The lowest BCUT2D eigenvalue weighted by Crippen LogP contribution is -2.49. The van der Waals surface area contributed by atoms with Crippen molar-refractivity contribution >= 4 is 11.8 Å². The second-order valence-electron chi connectivity index (χ2n) is 8.03. The minimum atomic E-state index is -0.477. The first kappa shape index (κ1) is 19.7. The summed E-state index contributed by atoms with van der Waals surface area (Å²) >= 11 is 0. The van der Waals surface area contributed by atoms with Crippen molar-refractivity contribution in [2.24, 2.45) is 5.92 Å². The van der Waals surface area contributed by atoms with Gasteiger partial charge >= 0.3 is 0 Å². The van der Waals surface area contributed by atoms with Crippen molar-refractivity contribution < 1.29 is 14.0 Å². The fourth-order valence-corrected chi connectivity index (χ4v) is 4.38. The molecule has 1 atom stereocenters. The predicted octanol–water partition coefficient (Wildman–Crippen LogP) is 3.60. The number of rotatable bonds is 6. The molecule has 1 saturated carbocycles. The maximum absolute atomic E-state index is 14.7. The molecule has 1 aliphatic heterocycles. The van der Waals surface area contributed by atoms with E-state index in [2.05, 4.69) is 4.57 Å². The molecular formula is C23H28FN3O2. The van der Waals surface area contributed by atoms with E-state index >= 15 is 0 Å². The Bertz CT molecular complexity index is 890. The molecule has 2 aliphatic rings. The molecule has 0 radical (unpaired) electrons. The third kappa shape index (κ3) is 3.80. The second kappa shape index (κ2) is 8.39. The fraction of sp³-hybridized carbons (Fsp3) is 0.478. The Morgan fingerprint density at radius 3 is 2.62 bits per heavy atom. The molecule has 154 valence electrons. The van der Waals surface area contributed by atoms with Crippen molar-refractivity contribution in [3.8, 4) is 0 Å². The number of nitrogens with zero attached hydrogens (tertiary/aromatic N) is 3. The average molecular weight is 397 g/mol. The second-order valence-corrected chi connectivity index (χ2v) is 8.03. The Balaban J connectivity index is 1.60. The van der Waals surface area contributed by atoms with Crippen molar-refractivity contribution in [3.63, 3.8) is 0 Å². The summed E-state index contributed by atoms with van der Waals surface area (Å²) < 4.78 is 16.7. The summed E-state index contributed by atoms with van der Waals surface area (Å²) in [5.74, 6) is -0.280. The number of benzene rings is 1. The summed E-state index contributed by atoms with van der Waals surface area (Å²) in [6, 6.07) is 10.0. The lowest BCUT2D eigenvalue weighted by atomic mass is 9.84. The number of amides is 2. The highest BCUT2D eigenvalue weighted by Crippen LogP contribution is 2.34. The van der Waals surface area contributed by atoms with Crippen LogP contribution in [0.5, 0.6) is 0 Å². The first-order valence-corrected chi connectivity index (χ1v) is 10.6. The van der Waals surface area contributed by atoms with Crippen LogP contribution in [0, 0.1) is 11.7 Å². The molecular weight excluding hydrogens is 369 g/mol. The summed E-state index contributed by atoms with van der Waals surface area (Å²) in [5, 5.41) is 0. The summed E-state index contributed by atoms with van der Waals surface area (Å²) in [4.78, 5) is 29.6. The molecule has 1 unspecified atom stereocenters. The number of carbonyl (C=O) groups excluding carboxylic acids is 2. The van der Waals surface area contributed by atoms with Gasteiger partial charge in [-0.2, -0.15) is 0 Å². The zero-order valence-corrected chi connectivity index (χ0v) is 16.9. The van der Waals surface area contributed by atoms with Gasteiger partial charge in [0.05, 0.1) is 6.54 Å². The smallest absolute Gasteiger partial charge is 0.243 e. The van der Waals surface area contributed by atoms with E-state index in [9.17, 15) is 14.0 Å².